The summed E-state index contributed by atoms with van der Waals surface area (Å²) in [6, 6.07) is 14.5. The summed E-state index contributed by atoms with van der Waals surface area (Å²) in [5.74, 6) is -0.826. The van der Waals surface area contributed by atoms with Crippen molar-refractivity contribution in [2.75, 3.05) is 44.7 Å². The number of rotatable bonds is 8. The van der Waals surface area contributed by atoms with Crippen LogP contribution in [-0.4, -0.2) is 53.1 Å². The summed E-state index contributed by atoms with van der Waals surface area (Å²) >= 11 is 0. The van der Waals surface area contributed by atoms with Crippen LogP contribution in [-0.2, 0) is 22.2 Å². The Balaban J connectivity index is 1.43. The maximum Gasteiger partial charge on any atom is 0.215 e. The van der Waals surface area contributed by atoms with Crippen LogP contribution in [0, 0.1) is 5.82 Å². The molecule has 1 aliphatic rings. The molecule has 1 aliphatic heterocycles. The maximum atomic E-state index is 13.6. The van der Waals surface area contributed by atoms with Gasteiger partial charge in [-0.3, -0.25) is 0 Å². The smallest absolute Gasteiger partial charge is 0.215 e. The zero-order chi connectivity index (χ0) is 20.0. The van der Waals surface area contributed by atoms with Gasteiger partial charge in [-0.05, 0) is 43.7 Å². The lowest BCUT2D eigenvalue weighted by Gasteiger charge is -2.34. The summed E-state index contributed by atoms with van der Waals surface area (Å²) in [5.41, 5.74) is 2.61. The van der Waals surface area contributed by atoms with E-state index in [2.05, 4.69) is 45.8 Å². The van der Waals surface area contributed by atoms with Crippen molar-refractivity contribution in [2.24, 2.45) is 0 Å². The van der Waals surface area contributed by atoms with Crippen molar-refractivity contribution >= 4 is 15.7 Å². The summed E-state index contributed by atoms with van der Waals surface area (Å²) in [6.45, 7) is 4.58. The molecule has 3 rings (SSSR count). The van der Waals surface area contributed by atoms with E-state index >= 15 is 0 Å². The molecule has 1 saturated heterocycles. The second-order valence-corrected chi connectivity index (χ2v) is 9.11. The fourth-order valence-electron chi connectivity index (χ4n) is 3.33. The fraction of sp³-hybridized carbons (Fsp3) is 0.429. The number of likely N-dealkylation sites (N-methyl/N-ethyl adjacent to an activating group) is 1. The van der Waals surface area contributed by atoms with Crippen LogP contribution in [0.3, 0.4) is 0 Å². The highest BCUT2D eigenvalue weighted by atomic mass is 32.2. The lowest BCUT2D eigenvalue weighted by atomic mass is 10.1. The molecule has 28 heavy (non-hydrogen) atoms. The molecule has 0 unspecified atom stereocenters. The van der Waals surface area contributed by atoms with Crippen molar-refractivity contribution in [1.29, 1.82) is 0 Å². The monoisotopic (exact) mass is 405 g/mol. The summed E-state index contributed by atoms with van der Waals surface area (Å²) < 4.78 is 40.4. The standard InChI is InChI=1S/C21H28FN3O2S/c1-24-13-15-25(16-14-24)20-10-8-18(9-11-20)5-4-12-23-28(26,27)17-19-6-2-3-7-21(19)22/h2-3,6-11,23H,4-5,12-17H2,1H3. The van der Waals surface area contributed by atoms with E-state index in [0.29, 0.717) is 13.0 Å². The molecule has 1 heterocycles. The quantitative estimate of drug-likeness (QED) is 0.686. The van der Waals surface area contributed by atoms with Crippen LogP contribution in [0.1, 0.15) is 17.5 Å². The molecule has 0 radical (unpaired) electrons. The third-order valence-electron chi connectivity index (χ3n) is 5.07. The van der Waals surface area contributed by atoms with Crippen molar-refractivity contribution in [2.45, 2.75) is 18.6 Å². The molecule has 2 aromatic rings. The third kappa shape index (κ3) is 6.02. The Labute approximate surface area is 167 Å². The van der Waals surface area contributed by atoms with Crippen LogP contribution in [0.5, 0.6) is 0 Å². The normalized spacial score (nSPS) is 15.7. The molecule has 0 spiro atoms. The minimum Gasteiger partial charge on any atom is -0.369 e. The molecule has 0 aromatic heterocycles. The van der Waals surface area contributed by atoms with Crippen LogP contribution in [0.4, 0.5) is 10.1 Å². The van der Waals surface area contributed by atoms with Gasteiger partial charge in [0.1, 0.15) is 5.82 Å². The van der Waals surface area contributed by atoms with Crippen LogP contribution in [0.25, 0.3) is 0 Å². The van der Waals surface area contributed by atoms with Gasteiger partial charge in [-0.25, -0.2) is 17.5 Å². The first kappa shape index (κ1) is 20.8. The van der Waals surface area contributed by atoms with Crippen LogP contribution >= 0.6 is 0 Å². The number of hydrogen-bond donors (Lipinski definition) is 1. The van der Waals surface area contributed by atoms with Gasteiger partial charge >= 0.3 is 0 Å². The highest BCUT2D eigenvalue weighted by Crippen LogP contribution is 2.17. The highest BCUT2D eigenvalue weighted by Gasteiger charge is 2.15. The summed E-state index contributed by atoms with van der Waals surface area (Å²) in [7, 11) is -1.39. The van der Waals surface area contributed by atoms with Gasteiger partial charge in [-0.2, -0.15) is 0 Å². The van der Waals surface area contributed by atoms with E-state index in [1.165, 1.54) is 23.4 Å². The van der Waals surface area contributed by atoms with Crippen molar-refractivity contribution in [3.63, 3.8) is 0 Å². The molecule has 0 amide bonds. The topological polar surface area (TPSA) is 52.6 Å². The molecule has 5 nitrogen and oxygen atoms in total. The largest absolute Gasteiger partial charge is 0.369 e. The summed E-state index contributed by atoms with van der Waals surface area (Å²) in [5, 5.41) is 0. The Kier molecular flexibility index (Phi) is 7.04. The molecule has 7 heteroatoms. The van der Waals surface area contributed by atoms with Gasteiger partial charge in [0.15, 0.2) is 0 Å². The first-order valence-electron chi connectivity index (χ1n) is 9.66. The van der Waals surface area contributed by atoms with Gasteiger partial charge in [0, 0.05) is 44.0 Å². The molecular weight excluding hydrogens is 377 g/mol. The number of sulfonamides is 1. The lowest BCUT2D eigenvalue weighted by molar-refractivity contribution is 0.313. The second kappa shape index (κ2) is 9.49. The number of aryl methyl sites for hydroxylation is 1. The number of benzene rings is 2. The van der Waals surface area contributed by atoms with Crippen molar-refractivity contribution in [1.82, 2.24) is 9.62 Å². The second-order valence-electron chi connectivity index (χ2n) is 7.31. The zero-order valence-corrected chi connectivity index (χ0v) is 17.1. The summed E-state index contributed by atoms with van der Waals surface area (Å²) in [6.07, 6.45) is 1.50. The van der Waals surface area contributed by atoms with Crippen LogP contribution in [0.15, 0.2) is 48.5 Å². The number of hydrogen-bond acceptors (Lipinski definition) is 4. The van der Waals surface area contributed by atoms with Crippen molar-refractivity contribution < 1.29 is 12.8 Å². The minimum atomic E-state index is -3.54. The molecule has 0 saturated carbocycles. The molecule has 152 valence electrons. The molecule has 0 aliphatic carbocycles. The Hall–Kier alpha value is -1.96. The lowest BCUT2D eigenvalue weighted by Crippen LogP contribution is -2.44. The van der Waals surface area contributed by atoms with Gasteiger partial charge < -0.3 is 9.80 Å². The van der Waals surface area contributed by atoms with Crippen LogP contribution < -0.4 is 9.62 Å². The van der Waals surface area contributed by atoms with Crippen LogP contribution in [0.2, 0.25) is 0 Å². The van der Waals surface area contributed by atoms with E-state index in [-0.39, 0.29) is 11.3 Å². The molecule has 2 aromatic carbocycles. The number of piperazine rings is 1. The van der Waals surface area contributed by atoms with E-state index in [1.54, 1.807) is 12.1 Å². The number of nitrogens with one attached hydrogen (secondary N) is 1. The Morgan fingerprint density at radius 2 is 1.68 bits per heavy atom. The summed E-state index contributed by atoms with van der Waals surface area (Å²) in [4.78, 5) is 4.72. The SMILES string of the molecule is CN1CCN(c2ccc(CCCNS(=O)(=O)Cc3ccccc3F)cc2)CC1. The van der Waals surface area contributed by atoms with E-state index < -0.39 is 15.8 Å². The van der Waals surface area contributed by atoms with Crippen molar-refractivity contribution in [3.8, 4) is 0 Å². The average molecular weight is 406 g/mol. The van der Waals surface area contributed by atoms with E-state index in [9.17, 15) is 12.8 Å². The third-order valence-corrected chi connectivity index (χ3v) is 6.41. The fourth-order valence-corrected chi connectivity index (χ4v) is 4.53. The number of anilines is 1. The minimum absolute atomic E-state index is 0.189. The van der Waals surface area contributed by atoms with Gasteiger partial charge in [0.2, 0.25) is 10.0 Å². The maximum absolute atomic E-state index is 13.6. The van der Waals surface area contributed by atoms with E-state index in [4.69, 9.17) is 0 Å². The number of halogens is 1. The highest BCUT2D eigenvalue weighted by molar-refractivity contribution is 7.88. The Bertz CT molecular complexity index is 863. The van der Waals surface area contributed by atoms with E-state index in [0.717, 1.165) is 32.6 Å². The Morgan fingerprint density at radius 3 is 2.36 bits per heavy atom. The first-order valence-corrected chi connectivity index (χ1v) is 11.3. The van der Waals surface area contributed by atoms with Gasteiger partial charge in [-0.1, -0.05) is 30.3 Å². The predicted molar refractivity (Wildman–Crippen MR) is 111 cm³/mol. The van der Waals surface area contributed by atoms with Gasteiger partial charge in [0.25, 0.3) is 0 Å². The molecule has 1 N–H and O–H groups in total. The van der Waals surface area contributed by atoms with Gasteiger partial charge in [0.05, 0.1) is 5.75 Å². The number of nitrogens with zero attached hydrogens (tertiary/aromatic N) is 2. The average Bonchev–Trinajstić information content (AvgIpc) is 2.68. The Morgan fingerprint density at radius 1 is 1.00 bits per heavy atom. The molecule has 0 bridgehead atoms. The van der Waals surface area contributed by atoms with Gasteiger partial charge in [-0.15, -0.1) is 0 Å². The zero-order valence-electron chi connectivity index (χ0n) is 16.3. The molecule has 1 fully saturated rings. The van der Waals surface area contributed by atoms with Crippen molar-refractivity contribution in [3.05, 3.63) is 65.5 Å². The first-order chi connectivity index (χ1) is 13.4. The molecular formula is C21H28FN3O2S. The van der Waals surface area contributed by atoms with E-state index in [1.807, 2.05) is 0 Å². The molecule has 0 atom stereocenters. The predicted octanol–water partition coefficient (Wildman–Crippen LogP) is 2.63.